The molecule has 0 unspecified atom stereocenters. The van der Waals surface area contributed by atoms with Crippen LogP contribution in [0.3, 0.4) is 0 Å². The normalized spacial score (nSPS) is 23.9. The summed E-state index contributed by atoms with van der Waals surface area (Å²) < 4.78 is 10.5. The second kappa shape index (κ2) is 16.3. The van der Waals surface area contributed by atoms with Crippen LogP contribution in [0.5, 0.6) is 0 Å². The summed E-state index contributed by atoms with van der Waals surface area (Å²) in [6, 6.07) is 0. The Morgan fingerprint density at radius 1 is 0.926 bits per heavy atom. The lowest BCUT2D eigenvalue weighted by molar-refractivity contribution is -0.0703. The maximum atomic E-state index is 9.90. The molecule has 1 aliphatic heterocycles. The van der Waals surface area contributed by atoms with Crippen molar-refractivity contribution in [2.45, 2.75) is 115 Å². The van der Waals surface area contributed by atoms with Crippen LogP contribution >= 0.6 is 0 Å². The number of aliphatic hydroxyl groups is 3. The zero-order valence-corrected chi connectivity index (χ0v) is 17.2. The molecule has 0 radical (unpaired) electrons. The van der Waals surface area contributed by atoms with E-state index in [2.05, 4.69) is 6.92 Å². The van der Waals surface area contributed by atoms with Crippen molar-refractivity contribution in [1.82, 2.24) is 0 Å². The molecule has 0 saturated carbocycles. The first-order valence-electron chi connectivity index (χ1n) is 11.1. The van der Waals surface area contributed by atoms with Crippen molar-refractivity contribution in [3.63, 3.8) is 0 Å². The SMILES string of the molecule is CCCCCCCCCCCCCC/C=C/OC[C@@H](O)[C@@H]1OC[C@H](O)[C@@H]1O. The minimum Gasteiger partial charge on any atom is -0.499 e. The van der Waals surface area contributed by atoms with Gasteiger partial charge in [0.1, 0.15) is 31.0 Å². The Hall–Kier alpha value is -0.620. The largest absolute Gasteiger partial charge is 0.499 e. The highest BCUT2D eigenvalue weighted by Crippen LogP contribution is 2.18. The Morgan fingerprint density at radius 2 is 1.48 bits per heavy atom. The summed E-state index contributed by atoms with van der Waals surface area (Å²) >= 11 is 0. The van der Waals surface area contributed by atoms with E-state index in [0.29, 0.717) is 0 Å². The van der Waals surface area contributed by atoms with Crippen molar-refractivity contribution in [3.8, 4) is 0 Å². The predicted molar refractivity (Wildman–Crippen MR) is 109 cm³/mol. The molecule has 0 amide bonds. The molecule has 0 aliphatic carbocycles. The maximum Gasteiger partial charge on any atom is 0.117 e. The van der Waals surface area contributed by atoms with E-state index >= 15 is 0 Å². The van der Waals surface area contributed by atoms with E-state index < -0.39 is 24.4 Å². The zero-order valence-electron chi connectivity index (χ0n) is 17.2. The van der Waals surface area contributed by atoms with Crippen molar-refractivity contribution >= 4 is 0 Å². The Balaban J connectivity index is 1.83. The first kappa shape index (κ1) is 24.4. The molecule has 0 bridgehead atoms. The first-order valence-corrected chi connectivity index (χ1v) is 11.1. The van der Waals surface area contributed by atoms with Gasteiger partial charge in [-0.1, -0.05) is 77.6 Å². The van der Waals surface area contributed by atoms with Crippen LogP contribution in [0, 0.1) is 0 Å². The van der Waals surface area contributed by atoms with Crippen LogP contribution in [-0.4, -0.2) is 52.9 Å². The van der Waals surface area contributed by atoms with Crippen molar-refractivity contribution in [2.24, 2.45) is 0 Å². The third-order valence-electron chi connectivity index (χ3n) is 5.25. The summed E-state index contributed by atoms with van der Waals surface area (Å²) in [6.07, 6.45) is 17.1. The molecule has 0 aromatic carbocycles. The van der Waals surface area contributed by atoms with Crippen LogP contribution in [0.2, 0.25) is 0 Å². The van der Waals surface area contributed by atoms with Crippen molar-refractivity contribution in [1.29, 1.82) is 0 Å². The van der Waals surface area contributed by atoms with Gasteiger partial charge in [-0.05, 0) is 18.9 Å². The molecule has 5 nitrogen and oxygen atoms in total. The Morgan fingerprint density at radius 3 is 2.00 bits per heavy atom. The molecule has 27 heavy (non-hydrogen) atoms. The highest BCUT2D eigenvalue weighted by molar-refractivity contribution is 4.88. The van der Waals surface area contributed by atoms with E-state index in [1.54, 1.807) is 6.26 Å². The minimum atomic E-state index is -1.05. The van der Waals surface area contributed by atoms with E-state index in [0.717, 1.165) is 12.8 Å². The van der Waals surface area contributed by atoms with Crippen LogP contribution in [0.1, 0.15) is 90.4 Å². The molecule has 3 N–H and O–H groups in total. The van der Waals surface area contributed by atoms with Gasteiger partial charge in [0.25, 0.3) is 0 Å². The van der Waals surface area contributed by atoms with Crippen LogP contribution < -0.4 is 0 Å². The smallest absolute Gasteiger partial charge is 0.117 e. The third kappa shape index (κ3) is 11.7. The summed E-state index contributed by atoms with van der Waals surface area (Å²) in [5.74, 6) is 0. The van der Waals surface area contributed by atoms with Gasteiger partial charge >= 0.3 is 0 Å². The first-order chi connectivity index (χ1) is 13.2. The lowest BCUT2D eigenvalue weighted by Crippen LogP contribution is -2.40. The fourth-order valence-electron chi connectivity index (χ4n) is 3.45. The van der Waals surface area contributed by atoms with Gasteiger partial charge in [0.2, 0.25) is 0 Å². The standard InChI is InChI=1S/C22H42O5/c1-2-3-4-5-6-7-8-9-10-11-12-13-14-15-16-26-17-20(24)22-21(25)19(23)18-27-22/h15-16,19-25H,2-14,17-18H2,1H3/b16-15+/t19-,20+,21-,22-/m0/s1. The van der Waals surface area contributed by atoms with Gasteiger partial charge in [-0.3, -0.25) is 0 Å². The number of unbranched alkanes of at least 4 members (excludes halogenated alkanes) is 12. The molecule has 1 heterocycles. The Kier molecular flexibility index (Phi) is 14.8. The van der Waals surface area contributed by atoms with E-state index in [1.807, 2.05) is 6.08 Å². The molecular weight excluding hydrogens is 344 g/mol. The van der Waals surface area contributed by atoms with Gasteiger partial charge in [-0.2, -0.15) is 0 Å². The number of hydrogen-bond acceptors (Lipinski definition) is 5. The molecule has 5 heteroatoms. The topological polar surface area (TPSA) is 79.2 Å². The number of aliphatic hydroxyl groups excluding tert-OH is 3. The van der Waals surface area contributed by atoms with Crippen molar-refractivity contribution < 1.29 is 24.8 Å². The molecular formula is C22H42O5. The molecule has 1 fully saturated rings. The molecule has 0 aromatic rings. The van der Waals surface area contributed by atoms with Gasteiger partial charge in [-0.15, -0.1) is 0 Å². The van der Waals surface area contributed by atoms with Gasteiger partial charge in [-0.25, -0.2) is 0 Å². The van der Waals surface area contributed by atoms with Crippen LogP contribution in [0.25, 0.3) is 0 Å². The number of ether oxygens (including phenoxy) is 2. The third-order valence-corrected chi connectivity index (χ3v) is 5.25. The molecule has 160 valence electrons. The van der Waals surface area contributed by atoms with E-state index in [9.17, 15) is 15.3 Å². The summed E-state index contributed by atoms with van der Waals surface area (Å²) in [7, 11) is 0. The van der Waals surface area contributed by atoms with E-state index in [1.165, 1.54) is 70.6 Å². The van der Waals surface area contributed by atoms with Gasteiger partial charge in [0, 0.05) is 0 Å². The lowest BCUT2D eigenvalue weighted by atomic mass is 10.0. The minimum absolute atomic E-state index is 0.0533. The van der Waals surface area contributed by atoms with Crippen molar-refractivity contribution in [2.75, 3.05) is 13.2 Å². The highest BCUT2D eigenvalue weighted by Gasteiger charge is 2.39. The fraction of sp³-hybridized carbons (Fsp3) is 0.909. The average Bonchev–Trinajstić information content (AvgIpc) is 3.00. The van der Waals surface area contributed by atoms with Gasteiger partial charge in [0.15, 0.2) is 0 Å². The lowest BCUT2D eigenvalue weighted by Gasteiger charge is -2.20. The predicted octanol–water partition coefficient (Wildman–Crippen LogP) is 4.09. The van der Waals surface area contributed by atoms with Crippen LogP contribution in [0.4, 0.5) is 0 Å². The van der Waals surface area contributed by atoms with Crippen molar-refractivity contribution in [3.05, 3.63) is 12.3 Å². The average molecular weight is 387 g/mol. The summed E-state index contributed by atoms with van der Waals surface area (Å²) in [4.78, 5) is 0. The molecule has 0 aromatic heterocycles. The number of allylic oxidation sites excluding steroid dienone is 1. The zero-order chi connectivity index (χ0) is 19.7. The number of rotatable bonds is 17. The molecule has 1 saturated heterocycles. The highest BCUT2D eigenvalue weighted by atomic mass is 16.5. The Labute approximate surface area is 165 Å². The van der Waals surface area contributed by atoms with Crippen LogP contribution in [-0.2, 0) is 9.47 Å². The number of hydrogen-bond donors (Lipinski definition) is 3. The molecule has 1 aliphatic rings. The molecule has 4 atom stereocenters. The van der Waals surface area contributed by atoms with E-state index in [4.69, 9.17) is 9.47 Å². The maximum absolute atomic E-state index is 9.90. The Bertz CT molecular complexity index is 361. The second-order valence-electron chi connectivity index (χ2n) is 7.81. The summed E-state index contributed by atoms with van der Waals surface area (Å²) in [5, 5.41) is 28.9. The molecule has 1 rings (SSSR count). The summed E-state index contributed by atoms with van der Waals surface area (Å²) in [6.45, 7) is 2.37. The van der Waals surface area contributed by atoms with E-state index in [-0.39, 0.29) is 13.2 Å². The monoisotopic (exact) mass is 386 g/mol. The van der Waals surface area contributed by atoms with Gasteiger partial charge < -0.3 is 24.8 Å². The van der Waals surface area contributed by atoms with Crippen LogP contribution in [0.15, 0.2) is 12.3 Å². The molecule has 0 spiro atoms. The fourth-order valence-corrected chi connectivity index (χ4v) is 3.45. The van der Waals surface area contributed by atoms with Gasteiger partial charge in [0.05, 0.1) is 12.9 Å². The summed E-state index contributed by atoms with van der Waals surface area (Å²) in [5.41, 5.74) is 0. The second-order valence-corrected chi connectivity index (χ2v) is 7.81. The quantitative estimate of drug-likeness (QED) is 0.259.